The number of thiazole rings is 1. The summed E-state index contributed by atoms with van der Waals surface area (Å²) >= 11 is 1.56. The maximum Gasteiger partial charge on any atom is 0.243 e. The van der Waals surface area contributed by atoms with Crippen molar-refractivity contribution in [2.45, 2.75) is 24.7 Å². The van der Waals surface area contributed by atoms with Crippen LogP contribution in [0.3, 0.4) is 0 Å². The van der Waals surface area contributed by atoms with Gasteiger partial charge in [-0.2, -0.15) is 4.31 Å². The third-order valence-electron chi connectivity index (χ3n) is 6.10. The van der Waals surface area contributed by atoms with Crippen LogP contribution in [0.4, 0.5) is 5.69 Å². The van der Waals surface area contributed by atoms with Crippen molar-refractivity contribution in [3.8, 4) is 5.75 Å². The summed E-state index contributed by atoms with van der Waals surface area (Å²) in [4.78, 5) is 17.5. The Morgan fingerprint density at radius 1 is 1.26 bits per heavy atom. The van der Waals surface area contributed by atoms with E-state index in [-0.39, 0.29) is 17.7 Å². The molecule has 0 aliphatic carbocycles. The molecule has 3 aromatic rings. The molecule has 2 aliphatic rings. The number of amides is 1. The fourth-order valence-corrected chi connectivity index (χ4v) is 6.62. The number of ether oxygens (including phenoxy) is 1. The number of rotatable bonds is 4. The number of hydrogen-bond acceptors (Lipinski definition) is 6. The number of benzene rings is 2. The van der Waals surface area contributed by atoms with Gasteiger partial charge in [0.2, 0.25) is 15.9 Å². The Bertz CT molecular complexity index is 1250. The minimum atomic E-state index is -3.60. The number of carbonyl (C=O) groups excluding carboxylic acids is 1. The first-order valence-corrected chi connectivity index (χ1v) is 12.6. The molecule has 2 unspecified atom stereocenters. The van der Waals surface area contributed by atoms with E-state index in [1.54, 1.807) is 35.0 Å². The number of sulfonamides is 1. The number of nitrogens with zero attached hydrogens (tertiary/aromatic N) is 2. The van der Waals surface area contributed by atoms with Crippen molar-refractivity contribution in [2.75, 3.05) is 25.0 Å². The Hall–Kier alpha value is -2.49. The highest BCUT2D eigenvalue weighted by Gasteiger charge is 2.37. The summed E-state index contributed by atoms with van der Waals surface area (Å²) < 4.78 is 34.4. The van der Waals surface area contributed by atoms with Crippen molar-refractivity contribution in [1.29, 1.82) is 0 Å². The SMILES string of the molecule is CC1CN(S(=O)(=O)c2ccc3c(c2)CCO3)CCC1C(=O)Nc1ccc2scnc2c1. The Balaban J connectivity index is 1.27. The molecule has 1 aromatic heterocycles. The topological polar surface area (TPSA) is 88.6 Å². The molecule has 0 saturated carbocycles. The lowest BCUT2D eigenvalue weighted by molar-refractivity contribution is -0.122. The number of fused-ring (bicyclic) bond motifs is 2. The van der Waals surface area contributed by atoms with Gasteiger partial charge in [-0.05, 0) is 54.3 Å². The van der Waals surface area contributed by atoms with E-state index in [0.717, 1.165) is 28.0 Å². The molecule has 2 aliphatic heterocycles. The molecule has 5 rings (SSSR count). The third kappa shape index (κ3) is 3.81. The monoisotopic (exact) mass is 457 g/mol. The van der Waals surface area contributed by atoms with E-state index in [1.165, 1.54) is 4.31 Å². The van der Waals surface area contributed by atoms with Crippen molar-refractivity contribution >= 4 is 43.2 Å². The Kier molecular flexibility index (Phi) is 5.19. The number of nitrogens with one attached hydrogen (secondary N) is 1. The molecule has 1 N–H and O–H groups in total. The van der Waals surface area contributed by atoms with Gasteiger partial charge in [0.25, 0.3) is 0 Å². The van der Waals surface area contributed by atoms with E-state index in [2.05, 4.69) is 10.3 Å². The molecule has 31 heavy (non-hydrogen) atoms. The van der Waals surface area contributed by atoms with Crippen LogP contribution in [0, 0.1) is 11.8 Å². The maximum absolute atomic E-state index is 13.2. The summed E-state index contributed by atoms with van der Waals surface area (Å²) in [6, 6.07) is 10.7. The third-order valence-corrected chi connectivity index (χ3v) is 8.77. The fraction of sp³-hybridized carbons (Fsp3) is 0.364. The summed E-state index contributed by atoms with van der Waals surface area (Å²) in [6.07, 6.45) is 1.21. The quantitative estimate of drug-likeness (QED) is 0.648. The summed E-state index contributed by atoms with van der Waals surface area (Å²) in [7, 11) is -3.60. The van der Waals surface area contributed by atoms with Crippen LogP contribution in [-0.2, 0) is 21.2 Å². The summed E-state index contributed by atoms with van der Waals surface area (Å²) in [6.45, 7) is 3.17. The molecule has 1 fully saturated rings. The smallest absolute Gasteiger partial charge is 0.243 e. The molecular weight excluding hydrogens is 434 g/mol. The highest BCUT2D eigenvalue weighted by molar-refractivity contribution is 7.89. The second-order valence-electron chi connectivity index (χ2n) is 8.13. The highest BCUT2D eigenvalue weighted by atomic mass is 32.2. The average molecular weight is 458 g/mol. The van der Waals surface area contributed by atoms with Gasteiger partial charge in [-0.1, -0.05) is 6.92 Å². The van der Waals surface area contributed by atoms with Gasteiger partial charge in [-0.25, -0.2) is 13.4 Å². The highest BCUT2D eigenvalue weighted by Crippen LogP contribution is 2.32. The Morgan fingerprint density at radius 3 is 2.97 bits per heavy atom. The zero-order valence-corrected chi connectivity index (χ0v) is 18.7. The predicted octanol–water partition coefficient (Wildman–Crippen LogP) is 3.52. The number of anilines is 1. The van der Waals surface area contributed by atoms with Crippen LogP contribution in [-0.4, -0.2) is 43.3 Å². The van der Waals surface area contributed by atoms with Crippen LogP contribution >= 0.6 is 11.3 Å². The number of hydrogen-bond donors (Lipinski definition) is 1. The summed E-state index contributed by atoms with van der Waals surface area (Å²) in [5, 5.41) is 2.98. The zero-order chi connectivity index (χ0) is 21.6. The van der Waals surface area contributed by atoms with Gasteiger partial charge in [-0.15, -0.1) is 11.3 Å². The number of carbonyl (C=O) groups is 1. The van der Waals surface area contributed by atoms with Crippen molar-refractivity contribution < 1.29 is 17.9 Å². The number of aromatic nitrogens is 1. The van der Waals surface area contributed by atoms with E-state index < -0.39 is 10.0 Å². The van der Waals surface area contributed by atoms with Gasteiger partial charge in [-0.3, -0.25) is 4.79 Å². The molecule has 0 radical (unpaired) electrons. The fourth-order valence-electron chi connectivity index (χ4n) is 4.36. The summed E-state index contributed by atoms with van der Waals surface area (Å²) in [5.74, 6) is 0.350. The average Bonchev–Trinajstić information content (AvgIpc) is 3.41. The van der Waals surface area contributed by atoms with Crippen molar-refractivity contribution in [3.05, 3.63) is 47.5 Å². The molecule has 2 atom stereocenters. The van der Waals surface area contributed by atoms with Crippen molar-refractivity contribution in [1.82, 2.24) is 9.29 Å². The molecule has 9 heteroatoms. The van der Waals surface area contributed by atoms with Crippen LogP contribution in [0.5, 0.6) is 5.75 Å². The first kappa shape index (κ1) is 20.4. The molecule has 1 saturated heterocycles. The molecule has 1 amide bonds. The van der Waals surface area contributed by atoms with E-state index in [1.807, 2.05) is 25.1 Å². The standard InChI is InChI=1S/C22H23N3O4S2/c1-14-12-25(31(27,28)17-3-4-20-15(10-17)7-9-29-20)8-6-18(14)22(26)24-16-2-5-21-19(11-16)23-13-30-21/h2-5,10-11,13-14,18H,6-9,12H2,1H3,(H,24,26). The molecule has 0 spiro atoms. The molecule has 162 valence electrons. The van der Waals surface area contributed by atoms with Crippen molar-refractivity contribution in [3.63, 3.8) is 0 Å². The largest absolute Gasteiger partial charge is 0.493 e. The minimum Gasteiger partial charge on any atom is -0.493 e. The van der Waals surface area contributed by atoms with Gasteiger partial charge in [0.1, 0.15) is 5.75 Å². The molecular formula is C22H23N3O4S2. The van der Waals surface area contributed by atoms with Gasteiger partial charge < -0.3 is 10.1 Å². The molecule has 3 heterocycles. The van der Waals surface area contributed by atoms with Gasteiger partial charge >= 0.3 is 0 Å². The van der Waals surface area contributed by atoms with Crippen LogP contribution in [0.25, 0.3) is 10.2 Å². The molecule has 7 nitrogen and oxygen atoms in total. The van der Waals surface area contributed by atoms with E-state index >= 15 is 0 Å². The lowest BCUT2D eigenvalue weighted by Crippen LogP contribution is -2.46. The van der Waals surface area contributed by atoms with E-state index in [9.17, 15) is 13.2 Å². The zero-order valence-electron chi connectivity index (χ0n) is 17.1. The molecule has 0 bridgehead atoms. The lowest BCUT2D eigenvalue weighted by atomic mass is 9.87. The van der Waals surface area contributed by atoms with Gasteiger partial charge in [0.15, 0.2) is 0 Å². The van der Waals surface area contributed by atoms with Crippen LogP contribution in [0.2, 0.25) is 0 Å². The Morgan fingerprint density at radius 2 is 2.13 bits per heavy atom. The van der Waals surface area contributed by atoms with Crippen LogP contribution in [0.1, 0.15) is 18.9 Å². The molecule has 2 aromatic carbocycles. The predicted molar refractivity (Wildman–Crippen MR) is 120 cm³/mol. The first-order chi connectivity index (χ1) is 14.9. The van der Waals surface area contributed by atoms with Crippen LogP contribution in [0.15, 0.2) is 46.8 Å². The second-order valence-corrected chi connectivity index (χ2v) is 11.0. The van der Waals surface area contributed by atoms with Crippen LogP contribution < -0.4 is 10.1 Å². The minimum absolute atomic E-state index is 0.0752. The lowest BCUT2D eigenvalue weighted by Gasteiger charge is -2.35. The number of piperidine rings is 1. The van der Waals surface area contributed by atoms with Gasteiger partial charge in [0.05, 0.1) is 27.2 Å². The second kappa shape index (κ2) is 7.89. The van der Waals surface area contributed by atoms with E-state index in [0.29, 0.717) is 36.7 Å². The van der Waals surface area contributed by atoms with Gasteiger partial charge in [0, 0.05) is 31.1 Å². The normalized spacial score (nSPS) is 21.6. The maximum atomic E-state index is 13.2. The van der Waals surface area contributed by atoms with Crippen molar-refractivity contribution in [2.24, 2.45) is 11.8 Å². The Labute approximate surface area is 185 Å². The summed E-state index contributed by atoms with van der Waals surface area (Å²) in [5.41, 5.74) is 4.28. The first-order valence-electron chi connectivity index (χ1n) is 10.3. The van der Waals surface area contributed by atoms with E-state index in [4.69, 9.17) is 4.74 Å².